The first-order valence-corrected chi connectivity index (χ1v) is 4.39. The topological polar surface area (TPSA) is 72.2 Å². The average Bonchev–Trinajstić information content (AvgIpc) is 2.53. The van der Waals surface area contributed by atoms with Gasteiger partial charge in [0.15, 0.2) is 0 Å². The van der Waals surface area contributed by atoms with Crippen molar-refractivity contribution in [3.63, 3.8) is 0 Å². The summed E-state index contributed by atoms with van der Waals surface area (Å²) in [5.74, 6) is 4.19. The molecule has 0 fully saturated rings. The minimum Gasteiger partial charge on any atom is -0.359 e. The summed E-state index contributed by atoms with van der Waals surface area (Å²) >= 11 is 0. The molecule has 0 unspecified atom stereocenters. The fraction of sp³-hybridized carbons (Fsp3) is 0.0909. The van der Waals surface area contributed by atoms with Crippen LogP contribution < -0.4 is 11.1 Å². The van der Waals surface area contributed by atoms with E-state index in [1.807, 2.05) is 0 Å². The smallest absolute Gasteiger partial charge is 0.293 e. The molecule has 0 aromatic heterocycles. The van der Waals surface area contributed by atoms with E-state index >= 15 is 0 Å². The Bertz CT molecular complexity index is 509. The van der Waals surface area contributed by atoms with Crippen molar-refractivity contribution in [3.05, 3.63) is 29.3 Å². The number of amides is 2. The monoisotopic (exact) mass is 200 g/mol. The fourth-order valence-corrected chi connectivity index (χ4v) is 1.44. The molecule has 1 aromatic carbocycles. The number of carbonyl (C=O) groups is 2. The Balaban J connectivity index is 2.32. The van der Waals surface area contributed by atoms with Crippen molar-refractivity contribution in [1.29, 1.82) is 0 Å². The van der Waals surface area contributed by atoms with E-state index in [-0.39, 0.29) is 5.91 Å². The molecule has 74 valence electrons. The van der Waals surface area contributed by atoms with E-state index < -0.39 is 5.91 Å². The molecule has 1 aliphatic rings. The van der Waals surface area contributed by atoms with E-state index in [0.717, 1.165) is 11.3 Å². The Labute approximate surface area is 86.5 Å². The third kappa shape index (κ3) is 1.97. The number of nitrogens with one attached hydrogen (secondary N) is 1. The first kappa shape index (κ1) is 9.28. The first-order valence-electron chi connectivity index (χ1n) is 4.39. The molecule has 0 radical (unpaired) electrons. The van der Waals surface area contributed by atoms with E-state index in [9.17, 15) is 9.59 Å². The number of rotatable bonds is 0. The molecule has 0 bridgehead atoms. The molecule has 2 amide bonds. The zero-order valence-electron chi connectivity index (χ0n) is 7.83. The number of primary amides is 1. The fourth-order valence-electron chi connectivity index (χ4n) is 1.44. The lowest BCUT2D eigenvalue weighted by Gasteiger charge is -1.97. The van der Waals surface area contributed by atoms with Crippen LogP contribution in [-0.2, 0) is 16.0 Å². The summed E-state index contributed by atoms with van der Waals surface area (Å²) in [4.78, 5) is 21.5. The summed E-state index contributed by atoms with van der Waals surface area (Å²) in [6, 6.07) is 5.29. The van der Waals surface area contributed by atoms with Crippen molar-refractivity contribution in [2.75, 3.05) is 5.32 Å². The molecule has 0 saturated carbocycles. The highest BCUT2D eigenvalue weighted by Crippen LogP contribution is 2.23. The molecule has 1 heterocycles. The third-order valence-electron chi connectivity index (χ3n) is 2.06. The number of nitrogens with two attached hydrogens (primary N) is 1. The van der Waals surface area contributed by atoms with Gasteiger partial charge in [0, 0.05) is 11.3 Å². The molecular formula is C11H8N2O2. The summed E-state index contributed by atoms with van der Waals surface area (Å²) in [5.41, 5.74) is 7.29. The minimum atomic E-state index is -0.662. The van der Waals surface area contributed by atoms with Crippen molar-refractivity contribution in [2.24, 2.45) is 5.73 Å². The normalized spacial score (nSPS) is 12.4. The van der Waals surface area contributed by atoms with Crippen LogP contribution in [0.3, 0.4) is 0 Å². The van der Waals surface area contributed by atoms with Crippen molar-refractivity contribution in [3.8, 4) is 11.8 Å². The molecule has 0 spiro atoms. The summed E-state index contributed by atoms with van der Waals surface area (Å²) in [7, 11) is 0. The highest BCUT2D eigenvalue weighted by Gasteiger charge is 2.16. The Morgan fingerprint density at radius 2 is 2.27 bits per heavy atom. The van der Waals surface area contributed by atoms with Gasteiger partial charge in [-0.1, -0.05) is 5.92 Å². The van der Waals surface area contributed by atoms with E-state index in [1.165, 1.54) is 0 Å². The van der Waals surface area contributed by atoms with Gasteiger partial charge in [0.25, 0.3) is 5.91 Å². The van der Waals surface area contributed by atoms with Gasteiger partial charge in [0.2, 0.25) is 5.91 Å². The molecule has 0 atom stereocenters. The highest BCUT2D eigenvalue weighted by molar-refractivity contribution is 5.99. The molecular weight excluding hydrogens is 192 g/mol. The van der Waals surface area contributed by atoms with Gasteiger partial charge in [-0.15, -0.1) is 0 Å². The van der Waals surface area contributed by atoms with Gasteiger partial charge in [-0.3, -0.25) is 9.59 Å². The van der Waals surface area contributed by atoms with Crippen LogP contribution in [-0.4, -0.2) is 11.8 Å². The predicted molar refractivity (Wildman–Crippen MR) is 54.8 cm³/mol. The first-order chi connectivity index (χ1) is 7.15. The van der Waals surface area contributed by atoms with Crippen LogP contribution in [0.5, 0.6) is 0 Å². The Hall–Kier alpha value is -2.28. The molecule has 4 nitrogen and oxygen atoms in total. The van der Waals surface area contributed by atoms with Crippen LogP contribution in [0.25, 0.3) is 0 Å². The lowest BCUT2D eigenvalue weighted by atomic mass is 10.1. The molecule has 15 heavy (non-hydrogen) atoms. The standard InChI is InChI=1S/C11H8N2O2/c12-10(14)4-2-7-1-3-9-8(5-7)6-11(15)13-9/h1,3,5H,6H2,(H2,12,14)(H,13,15). The largest absolute Gasteiger partial charge is 0.359 e. The molecule has 2 rings (SSSR count). The maximum Gasteiger partial charge on any atom is 0.293 e. The van der Waals surface area contributed by atoms with Gasteiger partial charge >= 0.3 is 0 Å². The lowest BCUT2D eigenvalue weighted by Crippen LogP contribution is -2.06. The molecule has 3 N–H and O–H groups in total. The van der Waals surface area contributed by atoms with Crippen LogP contribution in [0, 0.1) is 11.8 Å². The van der Waals surface area contributed by atoms with Crippen LogP contribution in [0.15, 0.2) is 18.2 Å². The van der Waals surface area contributed by atoms with Gasteiger partial charge in [-0.2, -0.15) is 0 Å². The van der Waals surface area contributed by atoms with Crippen LogP contribution in [0.1, 0.15) is 11.1 Å². The maximum absolute atomic E-state index is 11.1. The van der Waals surface area contributed by atoms with E-state index in [0.29, 0.717) is 12.0 Å². The van der Waals surface area contributed by atoms with Gasteiger partial charge < -0.3 is 11.1 Å². The maximum atomic E-state index is 11.1. The van der Waals surface area contributed by atoms with Gasteiger partial charge in [0.1, 0.15) is 0 Å². The van der Waals surface area contributed by atoms with Gasteiger partial charge in [-0.25, -0.2) is 0 Å². The SMILES string of the molecule is NC(=O)C#Cc1ccc2c(c1)CC(=O)N2. The van der Waals surface area contributed by atoms with Crippen LogP contribution >= 0.6 is 0 Å². The summed E-state index contributed by atoms with van der Waals surface area (Å²) in [6.45, 7) is 0. The number of hydrogen-bond donors (Lipinski definition) is 2. The Morgan fingerprint density at radius 1 is 1.47 bits per heavy atom. The van der Waals surface area contributed by atoms with Crippen molar-refractivity contribution in [1.82, 2.24) is 0 Å². The number of fused-ring (bicyclic) bond motifs is 1. The molecule has 0 saturated heterocycles. The summed E-state index contributed by atoms with van der Waals surface area (Å²) in [6.07, 6.45) is 0.363. The Kier molecular flexibility index (Phi) is 2.14. The van der Waals surface area contributed by atoms with Crippen molar-refractivity contribution in [2.45, 2.75) is 6.42 Å². The highest BCUT2D eigenvalue weighted by atomic mass is 16.2. The van der Waals surface area contributed by atoms with Crippen LogP contribution in [0.4, 0.5) is 5.69 Å². The quantitative estimate of drug-likeness (QED) is 0.579. The van der Waals surface area contributed by atoms with E-state index in [2.05, 4.69) is 17.2 Å². The van der Waals surface area contributed by atoms with E-state index in [1.54, 1.807) is 18.2 Å². The Morgan fingerprint density at radius 3 is 3.00 bits per heavy atom. The summed E-state index contributed by atoms with van der Waals surface area (Å²) < 4.78 is 0. The molecule has 0 aliphatic carbocycles. The number of benzene rings is 1. The second-order valence-corrected chi connectivity index (χ2v) is 3.21. The zero-order valence-corrected chi connectivity index (χ0v) is 7.83. The second-order valence-electron chi connectivity index (χ2n) is 3.21. The van der Waals surface area contributed by atoms with Crippen LogP contribution in [0.2, 0.25) is 0 Å². The number of carbonyl (C=O) groups excluding carboxylic acids is 2. The zero-order chi connectivity index (χ0) is 10.8. The third-order valence-corrected chi connectivity index (χ3v) is 2.06. The number of hydrogen-bond acceptors (Lipinski definition) is 2. The molecule has 4 heteroatoms. The molecule has 1 aromatic rings. The van der Waals surface area contributed by atoms with Gasteiger partial charge in [-0.05, 0) is 29.7 Å². The van der Waals surface area contributed by atoms with Crippen molar-refractivity contribution >= 4 is 17.5 Å². The van der Waals surface area contributed by atoms with Gasteiger partial charge in [0.05, 0.1) is 6.42 Å². The summed E-state index contributed by atoms with van der Waals surface area (Å²) in [5, 5.41) is 2.71. The second kappa shape index (κ2) is 3.46. The van der Waals surface area contributed by atoms with E-state index in [4.69, 9.17) is 5.73 Å². The predicted octanol–water partition coefficient (Wildman–Crippen LogP) is 0.0180. The molecule has 1 aliphatic heterocycles. The lowest BCUT2D eigenvalue weighted by molar-refractivity contribution is -0.115. The average molecular weight is 200 g/mol. The minimum absolute atomic E-state index is 0.0231. The van der Waals surface area contributed by atoms with Crippen molar-refractivity contribution < 1.29 is 9.59 Å². The number of anilines is 1.